The Morgan fingerprint density at radius 2 is 2.25 bits per heavy atom. The van der Waals surface area contributed by atoms with Crippen LogP contribution in [-0.4, -0.2) is 24.0 Å². The molecule has 0 aliphatic carbocycles. The first-order valence-corrected chi connectivity index (χ1v) is 7.47. The monoisotopic (exact) mass is 302 g/mol. The topological polar surface area (TPSA) is 26.3 Å². The Labute approximate surface area is 109 Å². The Morgan fingerprint density at radius 3 is 2.81 bits per heavy atom. The van der Waals surface area contributed by atoms with Crippen LogP contribution < -0.4 is 4.74 Å². The number of hydrogen-bond acceptors (Lipinski definition) is 3. The standard InChI is InChI=1S/C12H15BrO2S/c1-3-15-9-4-5-10(11(14)6-7-13)12(8-9)16-2/h4-5,8H,3,6-7H2,1-2H3. The van der Waals surface area contributed by atoms with E-state index in [0.29, 0.717) is 18.4 Å². The molecule has 0 saturated heterocycles. The van der Waals surface area contributed by atoms with E-state index >= 15 is 0 Å². The van der Waals surface area contributed by atoms with Gasteiger partial charge < -0.3 is 4.74 Å². The van der Waals surface area contributed by atoms with Crippen LogP contribution in [0.15, 0.2) is 23.1 Å². The van der Waals surface area contributed by atoms with Crippen LogP contribution in [0.1, 0.15) is 23.7 Å². The second-order valence-corrected chi connectivity index (χ2v) is 4.80. The van der Waals surface area contributed by atoms with Crippen molar-refractivity contribution in [2.45, 2.75) is 18.2 Å². The summed E-state index contributed by atoms with van der Waals surface area (Å²) in [4.78, 5) is 12.8. The predicted molar refractivity (Wildman–Crippen MR) is 72.1 cm³/mol. The lowest BCUT2D eigenvalue weighted by Crippen LogP contribution is -2.02. The number of rotatable bonds is 6. The lowest BCUT2D eigenvalue weighted by Gasteiger charge is -2.09. The number of halogens is 1. The summed E-state index contributed by atoms with van der Waals surface area (Å²) in [5.74, 6) is 0.992. The zero-order valence-corrected chi connectivity index (χ0v) is 11.9. The van der Waals surface area contributed by atoms with E-state index in [1.165, 1.54) is 0 Å². The van der Waals surface area contributed by atoms with Crippen molar-refractivity contribution in [1.82, 2.24) is 0 Å². The number of ketones is 1. The second kappa shape index (κ2) is 6.97. The van der Waals surface area contributed by atoms with Crippen molar-refractivity contribution >= 4 is 33.5 Å². The second-order valence-electron chi connectivity index (χ2n) is 3.16. The van der Waals surface area contributed by atoms with Crippen LogP contribution in [0.25, 0.3) is 0 Å². The van der Waals surface area contributed by atoms with Crippen molar-refractivity contribution in [3.05, 3.63) is 23.8 Å². The summed E-state index contributed by atoms with van der Waals surface area (Å²) in [7, 11) is 0. The average Bonchev–Trinajstić information content (AvgIpc) is 2.29. The van der Waals surface area contributed by atoms with Crippen LogP contribution in [0.5, 0.6) is 5.75 Å². The molecule has 0 bridgehead atoms. The first kappa shape index (κ1) is 13.6. The highest BCUT2D eigenvalue weighted by Crippen LogP contribution is 2.26. The third-order valence-corrected chi connectivity index (χ3v) is 3.28. The molecule has 0 aliphatic heterocycles. The molecule has 4 heteroatoms. The normalized spacial score (nSPS) is 10.2. The number of carbonyl (C=O) groups is 1. The maximum Gasteiger partial charge on any atom is 0.164 e. The Morgan fingerprint density at radius 1 is 1.50 bits per heavy atom. The summed E-state index contributed by atoms with van der Waals surface area (Å²) in [6.07, 6.45) is 2.50. The van der Waals surface area contributed by atoms with Gasteiger partial charge in [0.1, 0.15) is 5.75 Å². The summed E-state index contributed by atoms with van der Waals surface area (Å²) in [5, 5.41) is 0.701. The highest BCUT2D eigenvalue weighted by Gasteiger charge is 2.11. The Hall–Kier alpha value is -0.480. The van der Waals surface area contributed by atoms with Gasteiger partial charge in [0.25, 0.3) is 0 Å². The number of thioether (sulfide) groups is 1. The Bertz CT molecular complexity index is 366. The maximum atomic E-state index is 11.8. The lowest BCUT2D eigenvalue weighted by molar-refractivity contribution is 0.0987. The molecule has 0 aromatic heterocycles. The quantitative estimate of drug-likeness (QED) is 0.454. The number of alkyl halides is 1. The van der Waals surface area contributed by atoms with Crippen molar-refractivity contribution in [1.29, 1.82) is 0 Å². The molecule has 0 aliphatic rings. The summed E-state index contributed by atoms with van der Waals surface area (Å²) in [6, 6.07) is 5.63. The number of hydrogen-bond donors (Lipinski definition) is 0. The first-order chi connectivity index (χ1) is 7.72. The van der Waals surface area contributed by atoms with Crippen LogP contribution in [0.3, 0.4) is 0 Å². The molecule has 88 valence electrons. The number of benzene rings is 1. The van der Waals surface area contributed by atoms with Gasteiger partial charge in [0.15, 0.2) is 5.78 Å². The average molecular weight is 303 g/mol. The van der Waals surface area contributed by atoms with Gasteiger partial charge in [0.05, 0.1) is 6.61 Å². The zero-order chi connectivity index (χ0) is 12.0. The van der Waals surface area contributed by atoms with Gasteiger partial charge in [-0.2, -0.15) is 0 Å². The minimum absolute atomic E-state index is 0.171. The van der Waals surface area contributed by atoms with E-state index in [4.69, 9.17) is 4.74 Å². The van der Waals surface area contributed by atoms with E-state index in [9.17, 15) is 4.79 Å². The molecule has 0 unspecified atom stereocenters. The van der Waals surface area contributed by atoms with Crippen molar-refractivity contribution < 1.29 is 9.53 Å². The van der Waals surface area contributed by atoms with E-state index in [1.807, 2.05) is 31.4 Å². The fourth-order valence-corrected chi connectivity index (χ4v) is 2.37. The molecular weight excluding hydrogens is 288 g/mol. The molecule has 0 amide bonds. The number of Topliss-reactive ketones (excluding diaryl/α,β-unsaturated/α-hetero) is 1. The summed E-state index contributed by atoms with van der Waals surface area (Å²) < 4.78 is 5.41. The molecule has 0 heterocycles. The molecule has 0 atom stereocenters. The highest BCUT2D eigenvalue weighted by atomic mass is 79.9. The summed E-state index contributed by atoms with van der Waals surface area (Å²) in [5.41, 5.74) is 0.787. The van der Waals surface area contributed by atoms with Gasteiger partial charge in [-0.3, -0.25) is 4.79 Å². The zero-order valence-electron chi connectivity index (χ0n) is 9.46. The molecule has 0 spiro atoms. The van der Waals surface area contributed by atoms with E-state index in [0.717, 1.165) is 16.2 Å². The largest absolute Gasteiger partial charge is 0.494 e. The van der Waals surface area contributed by atoms with Crippen molar-refractivity contribution in [2.24, 2.45) is 0 Å². The molecule has 1 aromatic carbocycles. The van der Waals surface area contributed by atoms with Crippen molar-refractivity contribution in [3.8, 4) is 5.75 Å². The molecular formula is C12H15BrO2S. The smallest absolute Gasteiger partial charge is 0.164 e. The van der Waals surface area contributed by atoms with Crippen LogP contribution in [-0.2, 0) is 0 Å². The van der Waals surface area contributed by atoms with Gasteiger partial charge in [0, 0.05) is 22.2 Å². The van der Waals surface area contributed by atoms with Gasteiger partial charge in [-0.1, -0.05) is 15.9 Å². The van der Waals surface area contributed by atoms with Gasteiger partial charge >= 0.3 is 0 Å². The Kier molecular flexibility index (Phi) is 5.91. The lowest BCUT2D eigenvalue weighted by atomic mass is 10.1. The van der Waals surface area contributed by atoms with Gasteiger partial charge in [-0.25, -0.2) is 0 Å². The summed E-state index contributed by atoms with van der Waals surface area (Å²) in [6.45, 7) is 2.59. The molecule has 0 radical (unpaired) electrons. The first-order valence-electron chi connectivity index (χ1n) is 5.13. The molecule has 16 heavy (non-hydrogen) atoms. The van der Waals surface area contributed by atoms with Crippen molar-refractivity contribution in [3.63, 3.8) is 0 Å². The predicted octanol–water partition coefficient (Wildman–Crippen LogP) is 3.77. The van der Waals surface area contributed by atoms with Crippen LogP contribution in [0, 0.1) is 0 Å². The van der Waals surface area contributed by atoms with Crippen LogP contribution in [0.4, 0.5) is 0 Å². The molecule has 2 nitrogen and oxygen atoms in total. The number of carbonyl (C=O) groups excluding carboxylic acids is 1. The van der Waals surface area contributed by atoms with E-state index < -0.39 is 0 Å². The minimum Gasteiger partial charge on any atom is -0.494 e. The molecule has 1 rings (SSSR count). The van der Waals surface area contributed by atoms with Gasteiger partial charge in [-0.15, -0.1) is 11.8 Å². The molecule has 1 aromatic rings. The van der Waals surface area contributed by atoms with Gasteiger partial charge in [0.2, 0.25) is 0 Å². The highest BCUT2D eigenvalue weighted by molar-refractivity contribution is 9.09. The van der Waals surface area contributed by atoms with E-state index in [2.05, 4.69) is 15.9 Å². The van der Waals surface area contributed by atoms with E-state index in [1.54, 1.807) is 11.8 Å². The third kappa shape index (κ3) is 3.52. The summed E-state index contributed by atoms with van der Waals surface area (Å²) >= 11 is 4.85. The van der Waals surface area contributed by atoms with Crippen LogP contribution in [0.2, 0.25) is 0 Å². The minimum atomic E-state index is 0.171. The fraction of sp³-hybridized carbons (Fsp3) is 0.417. The van der Waals surface area contributed by atoms with Crippen LogP contribution >= 0.6 is 27.7 Å². The van der Waals surface area contributed by atoms with E-state index in [-0.39, 0.29) is 5.78 Å². The third-order valence-electron chi connectivity index (χ3n) is 2.11. The molecule has 0 fully saturated rings. The fourth-order valence-electron chi connectivity index (χ4n) is 1.38. The van der Waals surface area contributed by atoms with Crippen molar-refractivity contribution in [2.75, 3.05) is 18.2 Å². The Balaban J connectivity index is 2.96. The number of ether oxygens (including phenoxy) is 1. The SMILES string of the molecule is CCOc1ccc(C(=O)CCBr)c(SC)c1. The molecule has 0 saturated carbocycles. The maximum absolute atomic E-state index is 11.8. The van der Waals surface area contributed by atoms with Gasteiger partial charge in [-0.05, 0) is 31.4 Å². The molecule has 0 N–H and O–H groups in total.